The predicted molar refractivity (Wildman–Crippen MR) is 142 cm³/mol. The van der Waals surface area contributed by atoms with Crippen molar-refractivity contribution in [2.45, 2.75) is 38.3 Å². The van der Waals surface area contributed by atoms with Crippen LogP contribution < -0.4 is 9.62 Å². The second-order valence-electron chi connectivity index (χ2n) is 8.55. The van der Waals surface area contributed by atoms with E-state index in [9.17, 15) is 18.0 Å². The van der Waals surface area contributed by atoms with E-state index < -0.39 is 28.5 Å². The molecule has 190 valence electrons. The van der Waals surface area contributed by atoms with Crippen LogP contribution in [0, 0.1) is 13.8 Å². The average Bonchev–Trinajstić information content (AvgIpc) is 2.87. The van der Waals surface area contributed by atoms with Crippen LogP contribution in [-0.2, 0) is 26.2 Å². The molecule has 9 heteroatoms. The molecule has 0 radical (unpaired) electrons. The number of anilines is 1. The summed E-state index contributed by atoms with van der Waals surface area (Å²) in [6.45, 7) is 4.86. The number of aryl methyl sites for hydroxylation is 2. The maximum Gasteiger partial charge on any atom is 0.264 e. The fraction of sp³-hybridized carbons (Fsp3) is 0.259. The van der Waals surface area contributed by atoms with Gasteiger partial charge in [-0.3, -0.25) is 13.9 Å². The van der Waals surface area contributed by atoms with E-state index in [2.05, 4.69) is 5.32 Å². The number of hydrogen-bond acceptors (Lipinski definition) is 4. The number of hydrogen-bond donors (Lipinski definition) is 1. The van der Waals surface area contributed by atoms with E-state index in [4.69, 9.17) is 11.6 Å². The molecule has 0 spiro atoms. The highest BCUT2D eigenvalue weighted by molar-refractivity contribution is 7.92. The van der Waals surface area contributed by atoms with Gasteiger partial charge in [-0.25, -0.2) is 8.42 Å². The minimum atomic E-state index is -4.14. The summed E-state index contributed by atoms with van der Waals surface area (Å²) in [7, 11) is -2.64. The fourth-order valence-corrected chi connectivity index (χ4v) is 5.41. The zero-order chi connectivity index (χ0) is 26.5. The lowest BCUT2D eigenvalue weighted by molar-refractivity contribution is -0.139. The molecule has 0 aliphatic carbocycles. The van der Waals surface area contributed by atoms with Crippen molar-refractivity contribution in [2.24, 2.45) is 0 Å². The van der Waals surface area contributed by atoms with Gasteiger partial charge < -0.3 is 10.2 Å². The quantitative estimate of drug-likeness (QED) is 0.449. The summed E-state index contributed by atoms with van der Waals surface area (Å²) in [4.78, 5) is 27.7. The van der Waals surface area contributed by atoms with Gasteiger partial charge in [0, 0.05) is 18.6 Å². The largest absolute Gasteiger partial charge is 0.357 e. The Bertz CT molecular complexity index is 1330. The maximum absolute atomic E-state index is 13.8. The van der Waals surface area contributed by atoms with E-state index in [0.717, 1.165) is 15.4 Å². The topological polar surface area (TPSA) is 86.8 Å². The Morgan fingerprint density at radius 3 is 2.22 bits per heavy atom. The number of sulfonamides is 1. The van der Waals surface area contributed by atoms with Gasteiger partial charge in [0.05, 0.1) is 10.6 Å². The minimum Gasteiger partial charge on any atom is -0.357 e. The Morgan fingerprint density at radius 2 is 1.61 bits per heavy atom. The molecule has 0 fully saturated rings. The molecule has 0 aliphatic heterocycles. The third-order valence-corrected chi connectivity index (χ3v) is 7.95. The van der Waals surface area contributed by atoms with Gasteiger partial charge in [-0.05, 0) is 56.2 Å². The first-order chi connectivity index (χ1) is 17.0. The molecule has 0 saturated heterocycles. The zero-order valence-corrected chi connectivity index (χ0v) is 22.3. The van der Waals surface area contributed by atoms with Crippen molar-refractivity contribution in [1.82, 2.24) is 10.2 Å². The molecule has 7 nitrogen and oxygen atoms in total. The Balaban J connectivity index is 2.07. The number of likely N-dealkylation sites (N-methyl/N-ethyl adjacent to an activating group) is 1. The van der Waals surface area contributed by atoms with E-state index in [-0.39, 0.29) is 17.3 Å². The van der Waals surface area contributed by atoms with Crippen LogP contribution in [0.1, 0.15) is 23.6 Å². The summed E-state index contributed by atoms with van der Waals surface area (Å²) in [5, 5.41) is 2.91. The van der Waals surface area contributed by atoms with E-state index in [1.54, 1.807) is 38.1 Å². The first-order valence-corrected chi connectivity index (χ1v) is 13.3. The van der Waals surface area contributed by atoms with Gasteiger partial charge >= 0.3 is 0 Å². The van der Waals surface area contributed by atoms with E-state index in [0.29, 0.717) is 16.3 Å². The molecule has 0 aromatic heterocycles. The lowest BCUT2D eigenvalue weighted by atomic mass is 10.1. The first kappa shape index (κ1) is 27.2. The molecule has 1 atom stereocenters. The molecule has 36 heavy (non-hydrogen) atoms. The zero-order valence-electron chi connectivity index (χ0n) is 20.7. The number of carbonyl (C=O) groups is 2. The van der Waals surface area contributed by atoms with Gasteiger partial charge in [-0.2, -0.15) is 0 Å². The van der Waals surface area contributed by atoms with Crippen LogP contribution in [-0.4, -0.2) is 44.8 Å². The number of benzene rings is 3. The Labute approximate surface area is 217 Å². The van der Waals surface area contributed by atoms with Crippen LogP contribution in [0.4, 0.5) is 5.69 Å². The van der Waals surface area contributed by atoms with E-state index in [1.165, 1.54) is 30.1 Å². The molecule has 3 aromatic carbocycles. The summed E-state index contributed by atoms with van der Waals surface area (Å²) in [5.41, 5.74) is 2.65. The van der Waals surface area contributed by atoms with Crippen molar-refractivity contribution < 1.29 is 18.0 Å². The highest BCUT2D eigenvalue weighted by Gasteiger charge is 2.33. The number of amides is 2. The van der Waals surface area contributed by atoms with Gasteiger partial charge in [-0.15, -0.1) is 0 Å². The van der Waals surface area contributed by atoms with Crippen molar-refractivity contribution in [3.63, 3.8) is 0 Å². The molecule has 0 saturated carbocycles. The van der Waals surface area contributed by atoms with Crippen molar-refractivity contribution in [1.29, 1.82) is 0 Å². The smallest absolute Gasteiger partial charge is 0.264 e. The van der Waals surface area contributed by atoms with Crippen LogP contribution in [0.5, 0.6) is 0 Å². The van der Waals surface area contributed by atoms with Crippen LogP contribution >= 0.6 is 11.6 Å². The summed E-state index contributed by atoms with van der Waals surface area (Å²) in [6, 6.07) is 19.7. The number of nitrogens with one attached hydrogen (secondary N) is 1. The molecule has 0 aliphatic rings. The third-order valence-electron chi connectivity index (χ3n) is 5.94. The Kier molecular flexibility index (Phi) is 8.76. The van der Waals surface area contributed by atoms with Crippen LogP contribution in [0.2, 0.25) is 5.02 Å². The summed E-state index contributed by atoms with van der Waals surface area (Å²) < 4.78 is 28.7. The fourth-order valence-electron chi connectivity index (χ4n) is 3.77. The second-order valence-corrected chi connectivity index (χ2v) is 10.9. The van der Waals surface area contributed by atoms with Gasteiger partial charge in [0.1, 0.15) is 12.6 Å². The molecule has 3 rings (SSSR count). The van der Waals surface area contributed by atoms with Gasteiger partial charge in [0.2, 0.25) is 11.8 Å². The molecule has 3 aromatic rings. The van der Waals surface area contributed by atoms with Crippen LogP contribution in [0.25, 0.3) is 0 Å². The van der Waals surface area contributed by atoms with Crippen molar-refractivity contribution >= 4 is 39.1 Å². The Hall–Kier alpha value is -3.36. The second kappa shape index (κ2) is 11.6. The van der Waals surface area contributed by atoms with Crippen molar-refractivity contribution in [2.75, 3.05) is 17.9 Å². The highest BCUT2D eigenvalue weighted by atomic mass is 35.5. The Morgan fingerprint density at radius 1 is 0.972 bits per heavy atom. The number of halogens is 1. The summed E-state index contributed by atoms with van der Waals surface area (Å²) >= 11 is 6.23. The molecular formula is C27H30ClN3O4S. The monoisotopic (exact) mass is 527 g/mol. The molecule has 0 bridgehead atoms. The minimum absolute atomic E-state index is 0.0502. The van der Waals surface area contributed by atoms with Gasteiger partial charge in [0.25, 0.3) is 10.0 Å². The first-order valence-electron chi connectivity index (χ1n) is 11.4. The van der Waals surface area contributed by atoms with Gasteiger partial charge in [-0.1, -0.05) is 65.7 Å². The summed E-state index contributed by atoms with van der Waals surface area (Å²) in [6.07, 6.45) is 0. The van der Waals surface area contributed by atoms with Crippen molar-refractivity contribution in [3.05, 3.63) is 94.5 Å². The lowest BCUT2D eigenvalue weighted by Gasteiger charge is -2.32. The molecule has 2 amide bonds. The van der Waals surface area contributed by atoms with E-state index in [1.807, 2.05) is 37.3 Å². The third kappa shape index (κ3) is 6.25. The van der Waals surface area contributed by atoms with Crippen LogP contribution in [0.15, 0.2) is 77.7 Å². The summed E-state index contributed by atoms with van der Waals surface area (Å²) in [5.74, 6) is -0.879. The standard InChI is InChI=1S/C27H30ClN3O4S/c1-19-10-14-24(15-11-19)36(34,35)31(25-16-23(28)13-12-20(25)2)18-26(32)30(21(3)27(33)29-4)17-22-8-6-5-7-9-22/h5-16,21H,17-18H2,1-4H3,(H,29,33). The van der Waals surface area contributed by atoms with Gasteiger partial charge in [0.15, 0.2) is 0 Å². The average molecular weight is 528 g/mol. The SMILES string of the molecule is CNC(=O)C(C)N(Cc1ccccc1)C(=O)CN(c1cc(Cl)ccc1C)S(=O)(=O)c1ccc(C)cc1. The number of carbonyl (C=O) groups excluding carboxylic acids is 2. The maximum atomic E-state index is 13.8. The van der Waals surface area contributed by atoms with Crippen LogP contribution in [0.3, 0.4) is 0 Å². The molecule has 0 heterocycles. The van der Waals surface area contributed by atoms with E-state index >= 15 is 0 Å². The molecule has 1 N–H and O–H groups in total. The normalized spacial score (nSPS) is 12.0. The number of nitrogens with zero attached hydrogens (tertiary/aromatic N) is 2. The number of rotatable bonds is 9. The molecule has 1 unspecified atom stereocenters. The predicted octanol–water partition coefficient (Wildman–Crippen LogP) is 4.32. The highest BCUT2D eigenvalue weighted by Crippen LogP contribution is 2.30. The molecular weight excluding hydrogens is 498 g/mol. The lowest BCUT2D eigenvalue weighted by Crippen LogP contribution is -2.50. The van der Waals surface area contributed by atoms with Crippen molar-refractivity contribution in [3.8, 4) is 0 Å².